The lowest BCUT2D eigenvalue weighted by Gasteiger charge is -2.35. The van der Waals surface area contributed by atoms with E-state index in [1.165, 1.54) is 12.1 Å². The average molecular weight is 297 g/mol. The molecule has 2 rings (SSSR count). The third-order valence-corrected chi connectivity index (χ3v) is 4.31. The number of carboxylic acids is 1. The van der Waals surface area contributed by atoms with Crippen molar-refractivity contribution in [2.24, 2.45) is 11.3 Å². The van der Waals surface area contributed by atoms with Gasteiger partial charge in [-0.3, -0.25) is 0 Å². The highest BCUT2D eigenvalue weighted by Crippen LogP contribution is 2.57. The molecule has 0 aromatic heterocycles. The molecule has 0 bridgehead atoms. The van der Waals surface area contributed by atoms with E-state index in [0.29, 0.717) is 5.56 Å². The van der Waals surface area contributed by atoms with Crippen LogP contribution < -0.4 is 0 Å². The minimum Gasteiger partial charge on any atom is -0.478 e. The molecule has 0 unspecified atom stereocenters. The molecular formula is C18H19NO3. The lowest BCUT2D eigenvalue weighted by Crippen LogP contribution is -2.44. The average Bonchev–Trinajstić information content (AvgIpc) is 3.30. The van der Waals surface area contributed by atoms with Crippen LogP contribution in [0.3, 0.4) is 0 Å². The molecule has 1 atom stereocenters. The van der Waals surface area contributed by atoms with Crippen LogP contribution in [0.5, 0.6) is 0 Å². The second-order valence-corrected chi connectivity index (χ2v) is 5.92. The highest BCUT2D eigenvalue weighted by Gasteiger charge is 2.62. The first-order chi connectivity index (χ1) is 10.4. The number of hydrogen-bond donors (Lipinski definition) is 1. The highest BCUT2D eigenvalue weighted by atomic mass is 16.5. The Morgan fingerprint density at radius 2 is 2.14 bits per heavy atom. The number of rotatable bonds is 4. The Hall–Kier alpha value is -2.30. The van der Waals surface area contributed by atoms with Crippen LogP contribution >= 0.6 is 0 Å². The van der Waals surface area contributed by atoms with Gasteiger partial charge in [-0.2, -0.15) is 5.26 Å². The smallest absolute Gasteiger partial charge is 0.335 e. The van der Waals surface area contributed by atoms with Crippen LogP contribution in [-0.4, -0.2) is 23.8 Å². The van der Waals surface area contributed by atoms with Gasteiger partial charge in [-0.25, -0.2) is 4.79 Å². The molecule has 1 aromatic rings. The van der Waals surface area contributed by atoms with Crippen molar-refractivity contribution in [3.05, 3.63) is 35.4 Å². The van der Waals surface area contributed by atoms with Gasteiger partial charge in [0.25, 0.3) is 0 Å². The van der Waals surface area contributed by atoms with Crippen molar-refractivity contribution in [2.45, 2.75) is 32.3 Å². The Kier molecular flexibility index (Phi) is 4.26. The first-order valence-corrected chi connectivity index (χ1v) is 7.24. The summed E-state index contributed by atoms with van der Waals surface area (Å²) in [6, 6.07) is 8.84. The Morgan fingerprint density at radius 3 is 2.59 bits per heavy atom. The molecule has 1 saturated carbocycles. The lowest BCUT2D eigenvalue weighted by atomic mass is 9.76. The first-order valence-electron chi connectivity index (χ1n) is 7.24. The van der Waals surface area contributed by atoms with Gasteiger partial charge in [0.1, 0.15) is 5.60 Å². The number of benzene rings is 1. The van der Waals surface area contributed by atoms with Crippen LogP contribution in [0.25, 0.3) is 0 Å². The third-order valence-electron chi connectivity index (χ3n) is 4.31. The van der Waals surface area contributed by atoms with Gasteiger partial charge >= 0.3 is 5.97 Å². The van der Waals surface area contributed by atoms with Gasteiger partial charge in [0.15, 0.2) is 0 Å². The summed E-state index contributed by atoms with van der Waals surface area (Å²) in [5.41, 5.74) is -0.592. The molecular weight excluding hydrogens is 278 g/mol. The summed E-state index contributed by atoms with van der Waals surface area (Å²) < 4.78 is 5.70. The van der Waals surface area contributed by atoms with Crippen molar-refractivity contribution < 1.29 is 14.6 Å². The lowest BCUT2D eigenvalue weighted by molar-refractivity contribution is -0.0379. The van der Waals surface area contributed by atoms with Crippen molar-refractivity contribution in [3.63, 3.8) is 0 Å². The van der Waals surface area contributed by atoms with E-state index in [9.17, 15) is 10.1 Å². The van der Waals surface area contributed by atoms with Crippen LogP contribution in [0.1, 0.15) is 42.6 Å². The molecule has 0 saturated heterocycles. The molecule has 0 aliphatic heterocycles. The maximum absolute atomic E-state index is 11.0. The zero-order valence-corrected chi connectivity index (χ0v) is 13.0. The summed E-state index contributed by atoms with van der Waals surface area (Å²) in [5, 5.41) is 18.5. The maximum Gasteiger partial charge on any atom is 0.335 e. The van der Waals surface area contributed by atoms with Gasteiger partial charge in [0.2, 0.25) is 0 Å². The molecule has 22 heavy (non-hydrogen) atoms. The Balaban J connectivity index is 2.44. The van der Waals surface area contributed by atoms with Crippen LogP contribution in [0.15, 0.2) is 24.3 Å². The summed E-state index contributed by atoms with van der Waals surface area (Å²) in [4.78, 5) is 11.0. The maximum atomic E-state index is 11.0. The predicted molar refractivity (Wildman–Crippen MR) is 82.1 cm³/mol. The van der Waals surface area contributed by atoms with Crippen molar-refractivity contribution >= 4 is 5.97 Å². The summed E-state index contributed by atoms with van der Waals surface area (Å²) in [6.07, 6.45) is 1.55. The Labute approximate surface area is 130 Å². The zero-order valence-electron chi connectivity index (χ0n) is 13.0. The molecule has 4 heteroatoms. The molecule has 0 amide bonds. The molecule has 0 heterocycles. The van der Waals surface area contributed by atoms with Crippen LogP contribution in [0, 0.1) is 34.5 Å². The van der Waals surface area contributed by atoms with E-state index in [0.717, 1.165) is 12.8 Å². The number of nitrogens with zero attached hydrogens (tertiary/aromatic N) is 1. The molecule has 114 valence electrons. The van der Waals surface area contributed by atoms with Gasteiger partial charge in [0, 0.05) is 12.7 Å². The minimum absolute atomic E-state index is 0.0507. The fourth-order valence-corrected chi connectivity index (χ4v) is 2.88. The molecule has 1 aromatic carbocycles. The zero-order chi connectivity index (χ0) is 16.4. The van der Waals surface area contributed by atoms with Gasteiger partial charge in [0.05, 0.1) is 17.0 Å². The molecule has 1 fully saturated rings. The van der Waals surface area contributed by atoms with E-state index in [1.54, 1.807) is 19.2 Å². The van der Waals surface area contributed by atoms with Gasteiger partial charge in [-0.15, -0.1) is 0 Å². The van der Waals surface area contributed by atoms with E-state index in [2.05, 4.69) is 17.9 Å². The largest absolute Gasteiger partial charge is 0.478 e. The van der Waals surface area contributed by atoms with Crippen molar-refractivity contribution in [2.75, 3.05) is 7.11 Å². The predicted octanol–water partition coefficient (Wildman–Crippen LogP) is 3.08. The number of nitriles is 1. The van der Waals surface area contributed by atoms with Crippen molar-refractivity contribution in [3.8, 4) is 17.9 Å². The molecule has 4 nitrogen and oxygen atoms in total. The van der Waals surface area contributed by atoms with Crippen molar-refractivity contribution in [1.82, 2.24) is 0 Å². The minimum atomic E-state index is -0.985. The molecule has 1 aliphatic rings. The third kappa shape index (κ3) is 2.58. The second kappa shape index (κ2) is 5.83. The molecule has 1 N–H and O–H groups in total. The van der Waals surface area contributed by atoms with E-state index in [-0.39, 0.29) is 11.5 Å². The quantitative estimate of drug-likeness (QED) is 0.867. The highest BCUT2D eigenvalue weighted by molar-refractivity contribution is 5.88. The molecule has 0 spiro atoms. The molecule has 1 aliphatic carbocycles. The fraction of sp³-hybridized carbons (Fsp3) is 0.444. The standard InChI is InChI=1S/C18H19NO3/c1-13(2)18(22-3,17(12-19)9-10-17)8-7-14-5-4-6-15(11-14)16(20)21/h4-6,11,13H,9-10H2,1-3H3,(H,20,21)/t18-/m0/s1. The van der Waals surface area contributed by atoms with Gasteiger partial charge < -0.3 is 9.84 Å². The summed E-state index contributed by atoms with van der Waals surface area (Å²) in [5.74, 6) is 5.20. The first kappa shape index (κ1) is 16.1. The number of methoxy groups -OCH3 is 1. The SMILES string of the molecule is CO[C@@](C#Cc1cccc(C(=O)O)c1)(C(C)C)C1(C#N)CC1. The van der Waals surface area contributed by atoms with E-state index in [1.807, 2.05) is 13.8 Å². The van der Waals surface area contributed by atoms with Crippen LogP contribution in [-0.2, 0) is 4.74 Å². The second-order valence-electron chi connectivity index (χ2n) is 5.92. The van der Waals surface area contributed by atoms with E-state index in [4.69, 9.17) is 9.84 Å². The van der Waals surface area contributed by atoms with Crippen LogP contribution in [0.4, 0.5) is 0 Å². The van der Waals surface area contributed by atoms with Gasteiger partial charge in [-0.1, -0.05) is 31.8 Å². The number of carbonyl (C=O) groups is 1. The van der Waals surface area contributed by atoms with E-state index < -0.39 is 17.0 Å². The summed E-state index contributed by atoms with van der Waals surface area (Å²) in [6.45, 7) is 3.98. The Morgan fingerprint density at radius 1 is 1.45 bits per heavy atom. The number of carboxylic acid groups (broad SMARTS) is 1. The monoisotopic (exact) mass is 297 g/mol. The fourth-order valence-electron chi connectivity index (χ4n) is 2.88. The summed E-state index contributed by atoms with van der Waals surface area (Å²) in [7, 11) is 1.58. The summed E-state index contributed by atoms with van der Waals surface area (Å²) >= 11 is 0. The van der Waals surface area contributed by atoms with Crippen LogP contribution in [0.2, 0.25) is 0 Å². The number of aromatic carboxylic acids is 1. The molecule has 0 radical (unpaired) electrons. The topological polar surface area (TPSA) is 70.3 Å². The van der Waals surface area contributed by atoms with E-state index >= 15 is 0 Å². The number of hydrogen-bond acceptors (Lipinski definition) is 3. The van der Waals surface area contributed by atoms with Gasteiger partial charge in [-0.05, 0) is 37.0 Å². The Bertz CT molecular complexity index is 686. The number of ether oxygens (including phenoxy) is 1. The van der Waals surface area contributed by atoms with Crippen molar-refractivity contribution in [1.29, 1.82) is 5.26 Å². The normalized spacial score (nSPS) is 17.8.